The van der Waals surface area contributed by atoms with Crippen molar-refractivity contribution in [1.82, 2.24) is 0 Å². The average molecular weight is 873 g/mol. The number of hydrogen-bond donors (Lipinski definition) is 0. The van der Waals surface area contributed by atoms with E-state index in [2.05, 4.69) is 45.2 Å². The predicted octanol–water partition coefficient (Wildman–Crippen LogP) is 10.2. The lowest BCUT2D eigenvalue weighted by Crippen LogP contribution is -2.03. The summed E-state index contributed by atoms with van der Waals surface area (Å²) >= 11 is 9.60. The van der Waals surface area contributed by atoms with E-state index in [1.807, 2.05) is 97.1 Å². The Morgan fingerprint density at radius 3 is 1.62 bits per heavy atom. The van der Waals surface area contributed by atoms with Crippen LogP contribution in [-0.2, 0) is 0 Å². The maximum atomic E-state index is 12.9. The molecule has 6 nitrogen and oxygen atoms in total. The number of benzene rings is 6. The summed E-state index contributed by atoms with van der Waals surface area (Å²) in [7, 11) is 6.59. The van der Waals surface area contributed by atoms with E-state index in [0.29, 0.717) is 22.4 Å². The molecule has 0 aromatic heterocycles. The third-order valence-electron chi connectivity index (χ3n) is 7.09. The van der Waals surface area contributed by atoms with Gasteiger partial charge in [-0.25, -0.2) is 0 Å². The number of halogens is 3. The number of carbonyl (C=O) groups excluding carboxylic acids is 2. The first-order valence-corrected chi connectivity index (χ1v) is 16.7. The Morgan fingerprint density at radius 1 is 0.532 bits per heavy atom. The molecule has 0 unspecified atom stereocenters. The number of carbonyl (C=O) groups is 2. The van der Waals surface area contributed by atoms with Crippen molar-refractivity contribution >= 4 is 89.4 Å². The van der Waals surface area contributed by atoms with Crippen molar-refractivity contribution in [1.29, 1.82) is 0 Å². The number of hydrogen-bond acceptors (Lipinski definition) is 6. The smallest absolute Gasteiger partial charge is 0.252 e. The zero-order valence-electron chi connectivity index (χ0n) is 26.1. The quantitative estimate of drug-likeness (QED) is 0.0904. The van der Waals surface area contributed by atoms with Crippen molar-refractivity contribution in [3.05, 3.63) is 139 Å². The topological polar surface area (TPSA) is 71.1 Å². The van der Waals surface area contributed by atoms with Crippen LogP contribution >= 0.6 is 56.8 Å². The molecule has 0 spiro atoms. The van der Waals surface area contributed by atoms with Crippen LogP contribution in [0.25, 0.3) is 21.5 Å². The van der Waals surface area contributed by atoms with Gasteiger partial charge in [-0.15, -0.1) is 0 Å². The molecule has 0 amide bonds. The maximum Gasteiger partial charge on any atom is 0.252 e. The Kier molecular flexibility index (Phi) is 13.3. The lowest BCUT2D eigenvalue weighted by molar-refractivity contribution is 0.103. The van der Waals surface area contributed by atoms with Gasteiger partial charge in [-0.3, -0.25) is 9.59 Å². The zero-order valence-corrected chi connectivity index (χ0v) is 31.1. The monoisotopic (exact) mass is 872 g/mol. The second-order valence-electron chi connectivity index (χ2n) is 9.89. The van der Waals surface area contributed by atoms with Crippen LogP contribution in [-0.4, -0.2) is 39.5 Å². The van der Waals surface area contributed by atoms with Crippen molar-refractivity contribution in [3.63, 3.8) is 0 Å². The molecule has 6 aromatic rings. The van der Waals surface area contributed by atoms with E-state index >= 15 is 0 Å². The van der Waals surface area contributed by atoms with Gasteiger partial charge in [0.25, 0.3) is 5.24 Å². The first kappa shape index (κ1) is 36.0. The molecule has 0 aliphatic heterocycles. The molecule has 0 atom stereocenters. The Balaban J connectivity index is 0.000000177. The molecule has 0 saturated heterocycles. The molecular weight excluding hydrogens is 842 g/mol. The number of ether oxygens (including phenoxy) is 4. The van der Waals surface area contributed by atoms with E-state index in [9.17, 15) is 9.59 Å². The molecular formula is C38H31ClI2O6. The summed E-state index contributed by atoms with van der Waals surface area (Å²) in [5.74, 6) is 3.20. The largest absolute Gasteiger partial charge is 0.497 e. The number of ketones is 1. The minimum atomic E-state index is -0.406. The van der Waals surface area contributed by atoms with Gasteiger partial charge in [0, 0.05) is 40.0 Å². The molecule has 6 rings (SSSR count). The lowest BCUT2D eigenvalue weighted by Gasteiger charge is -2.11. The fourth-order valence-corrected chi connectivity index (χ4v) is 5.52. The fourth-order valence-electron chi connectivity index (χ4n) is 4.68. The highest BCUT2D eigenvalue weighted by Gasteiger charge is 2.15. The molecule has 0 bridgehead atoms. The van der Waals surface area contributed by atoms with Crippen molar-refractivity contribution in [2.75, 3.05) is 28.4 Å². The van der Waals surface area contributed by atoms with Gasteiger partial charge in [-0.1, -0.05) is 12.1 Å². The molecule has 0 N–H and O–H groups in total. The van der Waals surface area contributed by atoms with Gasteiger partial charge in [0.05, 0.1) is 28.4 Å². The Bertz CT molecular complexity index is 1990. The van der Waals surface area contributed by atoms with Crippen LogP contribution in [0.15, 0.2) is 115 Å². The summed E-state index contributed by atoms with van der Waals surface area (Å²) in [5.41, 5.74) is 1.85. The molecule has 0 radical (unpaired) electrons. The van der Waals surface area contributed by atoms with E-state index in [4.69, 9.17) is 30.5 Å². The Labute approximate surface area is 306 Å². The summed E-state index contributed by atoms with van der Waals surface area (Å²) in [6, 6.07) is 35.8. The summed E-state index contributed by atoms with van der Waals surface area (Å²) in [6.45, 7) is 0. The summed E-state index contributed by atoms with van der Waals surface area (Å²) in [5, 5.41) is 3.55. The second-order valence-corrected chi connectivity index (χ2v) is 12.7. The van der Waals surface area contributed by atoms with E-state index in [1.54, 1.807) is 46.6 Å². The Hall–Kier alpha value is -3.87. The molecule has 240 valence electrons. The second kappa shape index (κ2) is 17.3. The van der Waals surface area contributed by atoms with Crippen LogP contribution in [0.1, 0.15) is 26.3 Å². The lowest BCUT2D eigenvalue weighted by atomic mass is 9.96. The third-order valence-corrected chi connectivity index (χ3v) is 8.75. The van der Waals surface area contributed by atoms with Crippen LogP contribution in [0.3, 0.4) is 0 Å². The van der Waals surface area contributed by atoms with Gasteiger partial charge in [0.2, 0.25) is 0 Å². The highest BCUT2D eigenvalue weighted by molar-refractivity contribution is 14.1. The maximum absolute atomic E-state index is 12.9. The van der Waals surface area contributed by atoms with Crippen molar-refractivity contribution < 1.29 is 28.5 Å². The standard InChI is InChI=1S/C19H15IO3.C12H12O2.C7H4ClIO/c1-22-14-7-8-15-17(11-14)16(9-10-18(15)23-2)19(21)12-3-5-13(20)6-4-12;1-13-10-6-7-11-9(8-10)4-3-5-12(11)14-2;8-7(10)5-1-3-6(9)4-2-5/h3-11H,1-2H3;3-8H,1-2H3;1-4H. The minimum Gasteiger partial charge on any atom is -0.497 e. The van der Waals surface area contributed by atoms with Crippen LogP contribution in [0, 0.1) is 7.14 Å². The number of methoxy groups -OCH3 is 4. The fraction of sp³-hybridized carbons (Fsp3) is 0.105. The van der Waals surface area contributed by atoms with Crippen LogP contribution < -0.4 is 18.9 Å². The van der Waals surface area contributed by atoms with Crippen LogP contribution in [0.5, 0.6) is 23.0 Å². The van der Waals surface area contributed by atoms with Crippen molar-refractivity contribution in [2.45, 2.75) is 0 Å². The molecule has 0 aliphatic rings. The number of fused-ring (bicyclic) bond motifs is 2. The summed E-state index contributed by atoms with van der Waals surface area (Å²) in [6.07, 6.45) is 0. The van der Waals surface area contributed by atoms with E-state index in [1.165, 1.54) is 0 Å². The highest BCUT2D eigenvalue weighted by Crippen LogP contribution is 2.33. The van der Waals surface area contributed by atoms with Gasteiger partial charge in [0.15, 0.2) is 5.78 Å². The normalized spacial score (nSPS) is 10.2. The third kappa shape index (κ3) is 9.36. The number of rotatable bonds is 7. The average Bonchev–Trinajstić information content (AvgIpc) is 3.11. The first-order valence-electron chi connectivity index (χ1n) is 14.2. The van der Waals surface area contributed by atoms with Crippen LogP contribution in [0.4, 0.5) is 0 Å². The van der Waals surface area contributed by atoms with E-state index < -0.39 is 5.24 Å². The van der Waals surface area contributed by atoms with Crippen molar-refractivity contribution in [2.24, 2.45) is 0 Å². The molecule has 6 aromatic carbocycles. The van der Waals surface area contributed by atoms with Gasteiger partial charge in [0.1, 0.15) is 23.0 Å². The van der Waals surface area contributed by atoms with Gasteiger partial charge in [-0.05, 0) is 165 Å². The molecule has 0 saturated carbocycles. The molecule has 47 heavy (non-hydrogen) atoms. The van der Waals surface area contributed by atoms with Gasteiger partial charge < -0.3 is 18.9 Å². The van der Waals surface area contributed by atoms with Gasteiger partial charge in [-0.2, -0.15) is 0 Å². The molecule has 0 aliphatic carbocycles. The minimum absolute atomic E-state index is 0.0118. The first-order chi connectivity index (χ1) is 22.7. The molecule has 0 heterocycles. The molecule has 9 heteroatoms. The SMILES string of the molecule is COc1ccc2c(OC)ccc(C(=O)c3ccc(I)cc3)c2c1.COc1ccc2c(OC)cccc2c1.O=C(Cl)c1ccc(I)cc1. The van der Waals surface area contributed by atoms with E-state index in [0.717, 1.165) is 45.9 Å². The van der Waals surface area contributed by atoms with E-state index in [-0.39, 0.29) is 5.78 Å². The predicted molar refractivity (Wildman–Crippen MR) is 206 cm³/mol. The summed E-state index contributed by atoms with van der Waals surface area (Å²) < 4.78 is 23.3. The van der Waals surface area contributed by atoms with Crippen LogP contribution in [0.2, 0.25) is 0 Å². The van der Waals surface area contributed by atoms with Crippen molar-refractivity contribution in [3.8, 4) is 23.0 Å². The summed E-state index contributed by atoms with van der Waals surface area (Å²) in [4.78, 5) is 23.4. The highest BCUT2D eigenvalue weighted by atomic mass is 127. The Morgan fingerprint density at radius 2 is 1.06 bits per heavy atom. The molecule has 0 fully saturated rings. The van der Waals surface area contributed by atoms with Gasteiger partial charge >= 0.3 is 0 Å². The zero-order chi connectivity index (χ0) is 33.9.